The Balaban J connectivity index is 1.63. The number of hydrogen-bond donors (Lipinski definition) is 1. The molecule has 0 saturated carbocycles. The highest BCUT2D eigenvalue weighted by Gasteiger charge is 2.30. The van der Waals surface area contributed by atoms with Crippen molar-refractivity contribution in [2.45, 2.75) is 23.4 Å². The zero-order valence-electron chi connectivity index (χ0n) is 15.2. The molecule has 1 N–H and O–H groups in total. The summed E-state index contributed by atoms with van der Waals surface area (Å²) in [4.78, 5) is 30.8. The van der Waals surface area contributed by atoms with E-state index in [0.29, 0.717) is 16.4 Å². The summed E-state index contributed by atoms with van der Waals surface area (Å²) >= 11 is 2.16. The van der Waals surface area contributed by atoms with Crippen molar-refractivity contribution in [1.82, 2.24) is 9.97 Å². The monoisotopic (exact) mass is 454 g/mol. The summed E-state index contributed by atoms with van der Waals surface area (Å²) in [6.45, 7) is 1.59. The fourth-order valence-corrected chi connectivity index (χ4v) is 3.81. The lowest BCUT2D eigenvalue weighted by Crippen LogP contribution is -2.22. The van der Waals surface area contributed by atoms with Crippen molar-refractivity contribution in [3.05, 3.63) is 63.7 Å². The molecule has 0 aliphatic rings. The Labute approximate surface area is 176 Å². The third kappa shape index (κ3) is 5.33. The second-order valence-corrected chi connectivity index (χ2v) is 8.20. The van der Waals surface area contributed by atoms with Crippen molar-refractivity contribution in [2.75, 3.05) is 5.32 Å². The molecule has 0 bridgehead atoms. The van der Waals surface area contributed by atoms with Gasteiger partial charge in [-0.25, -0.2) is 9.97 Å². The minimum atomic E-state index is -4.47. The number of nitrogens with one attached hydrogen (secondary N) is 1. The van der Waals surface area contributed by atoms with Gasteiger partial charge in [0.1, 0.15) is 0 Å². The van der Waals surface area contributed by atoms with Gasteiger partial charge < -0.3 is 5.32 Å². The van der Waals surface area contributed by atoms with Gasteiger partial charge >= 0.3 is 6.18 Å². The van der Waals surface area contributed by atoms with Gasteiger partial charge in [-0.3, -0.25) is 14.9 Å². The first-order chi connectivity index (χ1) is 14.1. The van der Waals surface area contributed by atoms with Gasteiger partial charge in [0.2, 0.25) is 5.91 Å². The van der Waals surface area contributed by atoms with E-state index >= 15 is 0 Å². The number of hydrogen-bond acceptors (Lipinski definition) is 7. The lowest BCUT2D eigenvalue weighted by Gasteiger charge is -2.11. The number of carbonyl (C=O) groups is 1. The zero-order chi connectivity index (χ0) is 21.9. The molecular weight excluding hydrogens is 441 g/mol. The molecule has 1 amide bonds. The van der Waals surface area contributed by atoms with Gasteiger partial charge in [-0.05, 0) is 19.1 Å². The molecule has 3 aromatic rings. The summed E-state index contributed by atoms with van der Waals surface area (Å²) < 4.78 is 37.8. The average molecular weight is 454 g/mol. The number of benzene rings is 1. The predicted octanol–water partition coefficient (Wildman–Crippen LogP) is 5.25. The van der Waals surface area contributed by atoms with E-state index in [0.717, 1.165) is 35.4 Å². The number of nitro groups is 1. The second kappa shape index (κ2) is 8.79. The highest BCUT2D eigenvalue weighted by atomic mass is 32.2. The van der Waals surface area contributed by atoms with Gasteiger partial charge in [-0.1, -0.05) is 23.9 Å². The highest BCUT2D eigenvalue weighted by Crippen LogP contribution is 2.31. The lowest BCUT2D eigenvalue weighted by molar-refractivity contribution is -0.384. The van der Waals surface area contributed by atoms with Gasteiger partial charge in [0.15, 0.2) is 5.13 Å². The molecule has 1 unspecified atom stereocenters. The van der Waals surface area contributed by atoms with Gasteiger partial charge in [0.25, 0.3) is 5.69 Å². The summed E-state index contributed by atoms with van der Waals surface area (Å²) in [6.07, 6.45) is -3.75. The molecule has 0 spiro atoms. The normalized spacial score (nSPS) is 12.4. The summed E-state index contributed by atoms with van der Waals surface area (Å²) in [6, 6.07) is 8.08. The Morgan fingerprint density at radius 1 is 1.30 bits per heavy atom. The lowest BCUT2D eigenvalue weighted by atomic mass is 10.1. The van der Waals surface area contributed by atoms with E-state index in [4.69, 9.17) is 0 Å². The third-order valence-corrected chi connectivity index (χ3v) is 5.63. The van der Waals surface area contributed by atoms with Crippen molar-refractivity contribution in [1.29, 1.82) is 0 Å². The first kappa shape index (κ1) is 21.7. The molecule has 3 rings (SSSR count). The average Bonchev–Trinajstić information content (AvgIpc) is 3.16. The number of thiazole rings is 1. The van der Waals surface area contributed by atoms with Crippen molar-refractivity contribution >= 4 is 39.8 Å². The number of anilines is 1. The zero-order valence-corrected chi connectivity index (χ0v) is 16.8. The van der Waals surface area contributed by atoms with Crippen LogP contribution in [0.2, 0.25) is 0 Å². The maximum atomic E-state index is 12.6. The maximum absolute atomic E-state index is 12.6. The Bertz CT molecular complexity index is 1070. The van der Waals surface area contributed by atoms with Crippen molar-refractivity contribution in [3.63, 3.8) is 0 Å². The topological polar surface area (TPSA) is 98.0 Å². The Morgan fingerprint density at radius 2 is 2.07 bits per heavy atom. The molecule has 0 aliphatic carbocycles. The number of carbonyl (C=O) groups excluding carboxylic acids is 1. The van der Waals surface area contributed by atoms with E-state index in [1.165, 1.54) is 18.2 Å². The van der Waals surface area contributed by atoms with E-state index in [9.17, 15) is 28.1 Å². The van der Waals surface area contributed by atoms with Gasteiger partial charge in [-0.2, -0.15) is 13.2 Å². The fraction of sp³-hybridized carbons (Fsp3) is 0.167. The number of thioether (sulfide) groups is 1. The quantitative estimate of drug-likeness (QED) is 0.310. The van der Waals surface area contributed by atoms with Gasteiger partial charge in [0.05, 0.1) is 26.5 Å². The molecule has 0 radical (unpaired) electrons. The molecule has 7 nitrogen and oxygen atoms in total. The number of alkyl halides is 3. The number of halogens is 3. The maximum Gasteiger partial charge on any atom is 0.417 e. The molecule has 0 saturated heterocycles. The Morgan fingerprint density at radius 3 is 2.70 bits per heavy atom. The minimum absolute atomic E-state index is 0.0693. The van der Waals surface area contributed by atoms with Crippen LogP contribution in [0.4, 0.5) is 24.0 Å². The molecule has 0 fully saturated rings. The first-order valence-electron chi connectivity index (χ1n) is 8.34. The molecule has 12 heteroatoms. The molecule has 0 aliphatic heterocycles. The van der Waals surface area contributed by atoms with Crippen molar-refractivity contribution < 1.29 is 22.9 Å². The first-order valence-corrected chi connectivity index (χ1v) is 10.1. The predicted molar refractivity (Wildman–Crippen MR) is 107 cm³/mol. The number of nitrogens with zero attached hydrogens (tertiary/aromatic N) is 3. The van der Waals surface area contributed by atoms with Crippen molar-refractivity contribution in [3.8, 4) is 11.3 Å². The Kier molecular flexibility index (Phi) is 6.37. The van der Waals surface area contributed by atoms with Crippen LogP contribution < -0.4 is 5.32 Å². The van der Waals surface area contributed by atoms with Crippen molar-refractivity contribution in [2.24, 2.45) is 0 Å². The number of nitro benzene ring substituents is 1. The van der Waals surface area contributed by atoms with Crippen LogP contribution in [0.25, 0.3) is 11.3 Å². The number of aromatic nitrogens is 2. The van der Waals surface area contributed by atoms with Crippen LogP contribution in [0.1, 0.15) is 12.5 Å². The molecule has 1 atom stereocenters. The number of pyridine rings is 1. The van der Waals surface area contributed by atoms with Crippen LogP contribution in [0, 0.1) is 10.1 Å². The molecular formula is C18H13F3N4O3S2. The van der Waals surface area contributed by atoms with Crippen LogP contribution in [0.15, 0.2) is 53.0 Å². The van der Waals surface area contributed by atoms with Crippen LogP contribution in [-0.2, 0) is 11.0 Å². The van der Waals surface area contributed by atoms with E-state index < -0.39 is 27.8 Å². The highest BCUT2D eigenvalue weighted by molar-refractivity contribution is 8.00. The summed E-state index contributed by atoms with van der Waals surface area (Å²) in [5.41, 5.74) is 0.0848. The van der Waals surface area contributed by atoms with E-state index in [1.807, 2.05) is 0 Å². The molecule has 156 valence electrons. The Hall–Kier alpha value is -2.99. The second-order valence-electron chi connectivity index (χ2n) is 5.98. The van der Waals surface area contributed by atoms with Gasteiger partial charge in [-0.15, -0.1) is 11.3 Å². The largest absolute Gasteiger partial charge is 0.417 e. The summed E-state index contributed by atoms with van der Waals surface area (Å²) in [5, 5.41) is 15.1. The molecule has 2 heterocycles. The van der Waals surface area contributed by atoms with Crippen LogP contribution in [0.3, 0.4) is 0 Å². The number of amides is 1. The fourth-order valence-electron chi connectivity index (χ4n) is 2.30. The van der Waals surface area contributed by atoms with Crippen LogP contribution in [-0.4, -0.2) is 26.0 Å². The minimum Gasteiger partial charge on any atom is -0.301 e. The summed E-state index contributed by atoms with van der Waals surface area (Å²) in [7, 11) is 0. The van der Waals surface area contributed by atoms with Crippen LogP contribution >= 0.6 is 23.1 Å². The summed E-state index contributed by atoms with van der Waals surface area (Å²) in [5.74, 6) is -0.401. The van der Waals surface area contributed by atoms with E-state index in [1.54, 1.807) is 24.4 Å². The van der Waals surface area contributed by atoms with Crippen LogP contribution in [0.5, 0.6) is 0 Å². The smallest absolute Gasteiger partial charge is 0.301 e. The number of rotatable bonds is 6. The van der Waals surface area contributed by atoms with Gasteiger partial charge in [0, 0.05) is 29.3 Å². The van der Waals surface area contributed by atoms with E-state index in [-0.39, 0.29) is 10.7 Å². The number of non-ortho nitro benzene ring substituents is 1. The molecule has 30 heavy (non-hydrogen) atoms. The molecule has 2 aromatic heterocycles. The van der Waals surface area contributed by atoms with E-state index in [2.05, 4.69) is 15.3 Å². The molecule has 1 aromatic carbocycles. The standard InChI is InChI=1S/C18H13F3N4O3S2/c1-10(30-15-6-5-12(8-22-15)18(19,20)21)16(26)24-17-23-14(9-29-17)11-3-2-4-13(7-11)25(27)28/h2-10H,1H3,(H,23,24,26). The SMILES string of the molecule is CC(Sc1ccc(C(F)(F)F)cn1)C(=O)Nc1nc(-c2cccc([N+](=O)[O-])c2)cs1. The third-order valence-electron chi connectivity index (χ3n) is 3.82.